The Kier molecular flexibility index (Phi) is 4.66. The molecule has 0 aromatic heterocycles. The summed E-state index contributed by atoms with van der Waals surface area (Å²) in [5.41, 5.74) is 2.03. The van der Waals surface area contributed by atoms with Crippen LogP contribution in [0.5, 0.6) is 11.5 Å². The molecule has 1 aromatic carbocycles. The molecule has 1 saturated heterocycles. The van der Waals surface area contributed by atoms with E-state index in [4.69, 9.17) is 9.47 Å². The molecule has 0 saturated carbocycles. The second-order valence-electron chi connectivity index (χ2n) is 4.96. The highest BCUT2D eigenvalue weighted by Gasteiger charge is 2.26. The number of ether oxygens (including phenoxy) is 2. The summed E-state index contributed by atoms with van der Waals surface area (Å²) in [6, 6.07) is 3.97. The number of hydrogen-bond acceptors (Lipinski definition) is 4. The number of hydrogen-bond donors (Lipinski definition) is 1. The van der Waals surface area contributed by atoms with Crippen molar-refractivity contribution in [3.8, 4) is 11.5 Å². The fraction of sp³-hybridized carbons (Fsp3) is 0.600. The monoisotopic (exact) mass is 265 g/mol. The van der Waals surface area contributed by atoms with Gasteiger partial charge >= 0.3 is 0 Å². The molecule has 1 atom stereocenters. The van der Waals surface area contributed by atoms with Gasteiger partial charge in [0, 0.05) is 11.1 Å². The number of aliphatic hydroxyl groups excluding tert-OH is 1. The van der Waals surface area contributed by atoms with E-state index in [0.717, 1.165) is 35.7 Å². The molecule has 1 unspecified atom stereocenters. The lowest BCUT2D eigenvalue weighted by atomic mass is 10.0. The van der Waals surface area contributed by atoms with Gasteiger partial charge in [-0.2, -0.15) is 0 Å². The van der Waals surface area contributed by atoms with Gasteiger partial charge in [-0.15, -0.1) is 0 Å². The molecule has 0 aliphatic carbocycles. The van der Waals surface area contributed by atoms with Crippen molar-refractivity contribution in [3.05, 3.63) is 23.3 Å². The number of benzene rings is 1. The van der Waals surface area contributed by atoms with Crippen LogP contribution in [-0.4, -0.2) is 43.9 Å². The number of methoxy groups -OCH3 is 2. The Morgan fingerprint density at radius 2 is 1.89 bits per heavy atom. The van der Waals surface area contributed by atoms with E-state index < -0.39 is 0 Å². The van der Waals surface area contributed by atoms with Crippen molar-refractivity contribution in [2.24, 2.45) is 0 Å². The van der Waals surface area contributed by atoms with Gasteiger partial charge < -0.3 is 14.6 Å². The molecule has 4 nitrogen and oxygen atoms in total. The standard InChI is InChI=1S/C15H23NO3/c1-11-14(18-2)7-6-12(15(11)19-3)13(10-17)16-8-4-5-9-16/h6-7,13,17H,4-5,8-10H2,1-3H3. The zero-order valence-electron chi connectivity index (χ0n) is 12.0. The third-order valence-electron chi connectivity index (χ3n) is 3.92. The Morgan fingerprint density at radius 3 is 2.42 bits per heavy atom. The number of likely N-dealkylation sites (tertiary alicyclic amines) is 1. The first-order valence-corrected chi connectivity index (χ1v) is 6.79. The maximum atomic E-state index is 9.75. The van der Waals surface area contributed by atoms with E-state index in [2.05, 4.69) is 4.90 Å². The van der Waals surface area contributed by atoms with Gasteiger partial charge in [0.15, 0.2) is 0 Å². The van der Waals surface area contributed by atoms with Crippen LogP contribution in [0.25, 0.3) is 0 Å². The first kappa shape index (κ1) is 14.2. The van der Waals surface area contributed by atoms with Gasteiger partial charge in [-0.3, -0.25) is 4.90 Å². The quantitative estimate of drug-likeness (QED) is 0.885. The minimum absolute atomic E-state index is 0.0158. The van der Waals surface area contributed by atoms with Crippen LogP contribution in [0.4, 0.5) is 0 Å². The Balaban J connectivity index is 2.39. The van der Waals surface area contributed by atoms with Crippen LogP contribution in [0.3, 0.4) is 0 Å². The van der Waals surface area contributed by atoms with Crippen LogP contribution in [0, 0.1) is 6.92 Å². The molecule has 1 aromatic rings. The van der Waals surface area contributed by atoms with Gasteiger partial charge in [0.25, 0.3) is 0 Å². The predicted molar refractivity (Wildman–Crippen MR) is 74.9 cm³/mol. The van der Waals surface area contributed by atoms with E-state index in [0.29, 0.717) is 0 Å². The van der Waals surface area contributed by atoms with Crippen molar-refractivity contribution in [1.29, 1.82) is 0 Å². The summed E-state index contributed by atoms with van der Waals surface area (Å²) in [6.07, 6.45) is 2.40. The molecule has 1 fully saturated rings. The lowest BCUT2D eigenvalue weighted by Crippen LogP contribution is -2.28. The largest absolute Gasteiger partial charge is 0.496 e. The number of rotatable bonds is 5. The molecule has 106 valence electrons. The van der Waals surface area contributed by atoms with Gasteiger partial charge in [-0.05, 0) is 45.0 Å². The zero-order chi connectivity index (χ0) is 13.8. The summed E-state index contributed by atoms with van der Waals surface area (Å²) < 4.78 is 10.9. The highest BCUT2D eigenvalue weighted by atomic mass is 16.5. The third-order valence-corrected chi connectivity index (χ3v) is 3.92. The predicted octanol–water partition coefficient (Wildman–Crippen LogP) is 2.14. The van der Waals surface area contributed by atoms with E-state index in [1.807, 2.05) is 19.1 Å². The molecule has 1 heterocycles. The maximum Gasteiger partial charge on any atom is 0.130 e. The van der Waals surface area contributed by atoms with E-state index in [1.165, 1.54) is 12.8 Å². The summed E-state index contributed by atoms with van der Waals surface area (Å²) in [5, 5.41) is 9.75. The van der Waals surface area contributed by atoms with E-state index >= 15 is 0 Å². The van der Waals surface area contributed by atoms with Crippen molar-refractivity contribution < 1.29 is 14.6 Å². The van der Waals surface area contributed by atoms with Crippen LogP contribution in [0.2, 0.25) is 0 Å². The summed E-state index contributed by atoms with van der Waals surface area (Å²) in [6.45, 7) is 4.18. The summed E-state index contributed by atoms with van der Waals surface area (Å²) >= 11 is 0. The van der Waals surface area contributed by atoms with Crippen LogP contribution < -0.4 is 9.47 Å². The third kappa shape index (κ3) is 2.69. The van der Waals surface area contributed by atoms with Crippen molar-refractivity contribution in [2.75, 3.05) is 33.9 Å². The smallest absolute Gasteiger partial charge is 0.130 e. The molecule has 0 bridgehead atoms. The Bertz CT molecular complexity index is 428. The maximum absolute atomic E-state index is 9.75. The van der Waals surface area contributed by atoms with Crippen molar-refractivity contribution in [3.63, 3.8) is 0 Å². The number of aliphatic hydroxyl groups is 1. The number of nitrogens with zero attached hydrogens (tertiary/aromatic N) is 1. The van der Waals surface area contributed by atoms with Crippen molar-refractivity contribution in [2.45, 2.75) is 25.8 Å². The highest BCUT2D eigenvalue weighted by Crippen LogP contribution is 2.37. The minimum Gasteiger partial charge on any atom is -0.496 e. The van der Waals surface area contributed by atoms with Gasteiger partial charge in [0.2, 0.25) is 0 Å². The summed E-state index contributed by atoms with van der Waals surface area (Å²) in [5.74, 6) is 1.64. The van der Waals surface area contributed by atoms with Gasteiger partial charge in [-0.25, -0.2) is 0 Å². The topological polar surface area (TPSA) is 41.9 Å². The molecular weight excluding hydrogens is 242 g/mol. The molecular formula is C15H23NO3. The lowest BCUT2D eigenvalue weighted by molar-refractivity contribution is 0.144. The fourth-order valence-electron chi connectivity index (χ4n) is 2.91. The molecule has 2 rings (SSSR count). The van der Waals surface area contributed by atoms with Crippen LogP contribution in [-0.2, 0) is 0 Å². The van der Waals surface area contributed by atoms with Gasteiger partial charge in [-0.1, -0.05) is 0 Å². The molecule has 4 heteroatoms. The minimum atomic E-state index is 0.0158. The molecule has 0 radical (unpaired) electrons. The van der Waals surface area contributed by atoms with E-state index in [9.17, 15) is 5.11 Å². The van der Waals surface area contributed by atoms with Crippen LogP contribution in [0.1, 0.15) is 30.0 Å². The average molecular weight is 265 g/mol. The summed E-state index contributed by atoms with van der Waals surface area (Å²) in [7, 11) is 3.33. The van der Waals surface area contributed by atoms with Crippen molar-refractivity contribution in [1.82, 2.24) is 4.90 Å². The van der Waals surface area contributed by atoms with E-state index in [1.54, 1.807) is 14.2 Å². The van der Waals surface area contributed by atoms with Crippen LogP contribution in [0.15, 0.2) is 12.1 Å². The second kappa shape index (κ2) is 6.26. The molecule has 19 heavy (non-hydrogen) atoms. The lowest BCUT2D eigenvalue weighted by Gasteiger charge is -2.28. The molecule has 1 N–H and O–H groups in total. The first-order chi connectivity index (χ1) is 9.22. The zero-order valence-corrected chi connectivity index (χ0v) is 12.0. The van der Waals surface area contributed by atoms with Gasteiger partial charge in [0.05, 0.1) is 26.9 Å². The SMILES string of the molecule is COc1ccc(C(CO)N2CCCC2)c(OC)c1C. The van der Waals surface area contributed by atoms with Gasteiger partial charge in [0.1, 0.15) is 11.5 Å². The summed E-state index contributed by atoms with van der Waals surface area (Å²) in [4.78, 5) is 2.32. The molecule has 1 aliphatic heterocycles. The Labute approximate surface area is 114 Å². The Hall–Kier alpha value is -1.26. The van der Waals surface area contributed by atoms with Crippen molar-refractivity contribution >= 4 is 0 Å². The average Bonchev–Trinajstić information content (AvgIpc) is 2.94. The molecule has 0 spiro atoms. The molecule has 1 aliphatic rings. The van der Waals surface area contributed by atoms with E-state index in [-0.39, 0.29) is 12.6 Å². The fourth-order valence-corrected chi connectivity index (χ4v) is 2.91. The Morgan fingerprint density at radius 1 is 1.21 bits per heavy atom. The molecule has 0 amide bonds. The normalized spacial score (nSPS) is 17.5. The highest BCUT2D eigenvalue weighted by molar-refractivity contribution is 5.50. The second-order valence-corrected chi connectivity index (χ2v) is 4.96. The van der Waals surface area contributed by atoms with Crippen LogP contribution >= 0.6 is 0 Å². The first-order valence-electron chi connectivity index (χ1n) is 6.79.